The van der Waals surface area contributed by atoms with Crippen molar-refractivity contribution in [2.45, 2.75) is 36.6 Å². The minimum absolute atomic E-state index is 0.302. The summed E-state index contributed by atoms with van der Waals surface area (Å²) < 4.78 is 76.1. The Morgan fingerprint density at radius 1 is 1.30 bits per heavy atom. The first-order chi connectivity index (χ1) is 12.4. The van der Waals surface area contributed by atoms with Crippen LogP contribution in [0.25, 0.3) is 0 Å². The summed E-state index contributed by atoms with van der Waals surface area (Å²) in [7, 11) is 0.762. The number of nitriles is 1. The Hall–Kier alpha value is -1.90. The number of nitrogens with one attached hydrogen (secondary N) is 2. The first-order valence-corrected chi connectivity index (χ1v) is 10.1. The van der Waals surface area contributed by atoms with Crippen LogP contribution in [-0.4, -0.2) is 37.8 Å². The van der Waals surface area contributed by atoms with Crippen LogP contribution in [-0.2, 0) is 13.8 Å². The van der Waals surface area contributed by atoms with Crippen molar-refractivity contribution in [1.82, 2.24) is 10.6 Å². The van der Waals surface area contributed by atoms with Gasteiger partial charge in [0.05, 0.1) is 11.8 Å². The van der Waals surface area contributed by atoms with Gasteiger partial charge in [-0.1, -0.05) is 12.1 Å². The topological polar surface area (TPSA) is 99.1 Å². The minimum Gasteiger partial charge on any atom is -0.336 e. The predicted octanol–water partition coefficient (Wildman–Crippen LogP) is 2.13. The van der Waals surface area contributed by atoms with E-state index in [0.717, 1.165) is 24.3 Å². The molecule has 1 aliphatic carbocycles. The molecule has 0 spiro atoms. The average molecular weight is 428 g/mol. The van der Waals surface area contributed by atoms with Gasteiger partial charge in [-0.15, -0.1) is 0 Å². The molecule has 0 saturated heterocycles. The number of hydrogen-bond acceptors (Lipinski definition) is 5. The van der Waals surface area contributed by atoms with Crippen LogP contribution in [0.2, 0.25) is 0 Å². The summed E-state index contributed by atoms with van der Waals surface area (Å²) in [6.07, 6.45) is -4.31. The zero-order valence-corrected chi connectivity index (χ0v) is 15.1. The van der Waals surface area contributed by atoms with Gasteiger partial charge in [-0.25, -0.2) is 12.8 Å². The lowest BCUT2D eigenvalue weighted by Crippen LogP contribution is -2.54. The number of hydrogen-bond donors (Lipinski definition) is 2. The molecule has 1 saturated carbocycles. The van der Waals surface area contributed by atoms with E-state index < -0.39 is 55.9 Å². The molecule has 2 N–H and O–H groups in total. The van der Waals surface area contributed by atoms with E-state index in [1.807, 2.05) is 11.4 Å². The zero-order valence-electron chi connectivity index (χ0n) is 13.6. The van der Waals surface area contributed by atoms with Crippen molar-refractivity contribution in [3.05, 3.63) is 35.6 Å². The van der Waals surface area contributed by atoms with Gasteiger partial charge < -0.3 is 5.32 Å². The maximum atomic E-state index is 13.5. The number of benzene rings is 1. The van der Waals surface area contributed by atoms with Gasteiger partial charge >= 0.3 is 6.18 Å². The van der Waals surface area contributed by atoms with Crippen LogP contribution in [0.3, 0.4) is 0 Å². The monoisotopic (exact) mass is 427 g/mol. The largest absolute Gasteiger partial charge is 0.407 e. The van der Waals surface area contributed by atoms with E-state index in [2.05, 4.69) is 5.32 Å². The van der Waals surface area contributed by atoms with Crippen molar-refractivity contribution >= 4 is 25.6 Å². The maximum Gasteiger partial charge on any atom is 0.407 e. The van der Waals surface area contributed by atoms with Gasteiger partial charge in [0.2, 0.25) is 15.0 Å². The normalized spacial score (nSPS) is 18.2. The predicted molar refractivity (Wildman–Crippen MR) is 87.5 cm³/mol. The Kier molecular flexibility index (Phi) is 6.03. The zero-order chi connectivity index (χ0) is 20.5. The number of rotatable bonds is 7. The molecule has 1 amide bonds. The van der Waals surface area contributed by atoms with Crippen molar-refractivity contribution in [2.75, 3.05) is 5.75 Å². The van der Waals surface area contributed by atoms with E-state index in [4.69, 9.17) is 15.9 Å². The number of carbonyl (C=O) groups is 1. The molecule has 1 fully saturated rings. The highest BCUT2D eigenvalue weighted by Crippen LogP contribution is 2.35. The van der Waals surface area contributed by atoms with Crippen LogP contribution in [0, 0.1) is 17.1 Å². The first-order valence-electron chi connectivity index (χ1n) is 7.59. The molecule has 27 heavy (non-hydrogen) atoms. The lowest BCUT2D eigenvalue weighted by atomic mass is 10.0. The van der Waals surface area contributed by atoms with E-state index in [1.54, 1.807) is 0 Å². The lowest BCUT2D eigenvalue weighted by molar-refractivity contribution is -0.160. The summed E-state index contributed by atoms with van der Waals surface area (Å²) in [6.45, 7) is 0. The van der Waals surface area contributed by atoms with Crippen LogP contribution in [0.4, 0.5) is 17.6 Å². The average Bonchev–Trinajstić information content (AvgIpc) is 3.30. The second-order valence-electron chi connectivity index (χ2n) is 6.13. The standard InChI is InChI=1S/C15H14ClF4N3O3S/c16-27(25,26)7-11(13(24)23-14(8-21)5-6-14)22-12(15(18,19)20)9-1-3-10(17)4-2-9/h1-4,11-12,22H,5-7H2,(H,23,24)/t11?,12-/m1/s1. The summed E-state index contributed by atoms with van der Waals surface area (Å²) in [5.74, 6) is -2.99. The lowest BCUT2D eigenvalue weighted by Gasteiger charge is -2.27. The molecule has 0 bridgehead atoms. The number of halogens is 5. The number of nitrogens with zero attached hydrogens (tertiary/aromatic N) is 1. The number of amides is 1. The van der Waals surface area contributed by atoms with Crippen LogP contribution < -0.4 is 10.6 Å². The molecule has 2 rings (SSSR count). The maximum absolute atomic E-state index is 13.5. The second-order valence-corrected chi connectivity index (χ2v) is 8.96. The fourth-order valence-corrected chi connectivity index (χ4v) is 3.37. The molecule has 12 heteroatoms. The van der Waals surface area contributed by atoms with E-state index in [1.165, 1.54) is 0 Å². The molecule has 0 radical (unpaired) electrons. The fourth-order valence-electron chi connectivity index (χ4n) is 2.35. The molecule has 0 aromatic heterocycles. The van der Waals surface area contributed by atoms with E-state index in [-0.39, 0.29) is 0 Å². The molecule has 0 heterocycles. The molecule has 1 aromatic rings. The summed E-state index contributed by atoms with van der Waals surface area (Å²) in [6, 6.07) is 0.817. The van der Waals surface area contributed by atoms with E-state index in [9.17, 15) is 30.8 Å². The highest BCUT2D eigenvalue weighted by molar-refractivity contribution is 8.13. The van der Waals surface area contributed by atoms with Gasteiger partial charge in [0.15, 0.2) is 0 Å². The second kappa shape index (κ2) is 7.61. The van der Waals surface area contributed by atoms with Gasteiger partial charge in [-0.05, 0) is 30.5 Å². The Morgan fingerprint density at radius 3 is 2.26 bits per heavy atom. The highest BCUT2D eigenvalue weighted by atomic mass is 35.7. The van der Waals surface area contributed by atoms with Crippen molar-refractivity contribution in [1.29, 1.82) is 5.26 Å². The van der Waals surface area contributed by atoms with Crippen LogP contribution >= 0.6 is 10.7 Å². The Labute approximate surface area is 156 Å². The molecule has 2 atom stereocenters. The summed E-state index contributed by atoms with van der Waals surface area (Å²) in [4.78, 5) is 12.3. The van der Waals surface area contributed by atoms with Gasteiger partial charge in [-0.2, -0.15) is 18.4 Å². The Balaban J connectivity index is 2.30. The summed E-state index contributed by atoms with van der Waals surface area (Å²) in [5, 5.41) is 13.2. The summed E-state index contributed by atoms with van der Waals surface area (Å²) in [5.41, 5.74) is -1.63. The van der Waals surface area contributed by atoms with E-state index in [0.29, 0.717) is 12.8 Å². The smallest absolute Gasteiger partial charge is 0.336 e. The van der Waals surface area contributed by atoms with Crippen molar-refractivity contribution in [3.8, 4) is 6.07 Å². The van der Waals surface area contributed by atoms with Crippen LogP contribution in [0.5, 0.6) is 0 Å². The molecule has 1 unspecified atom stereocenters. The molecule has 0 aliphatic heterocycles. The third-order valence-electron chi connectivity index (χ3n) is 3.91. The molecular weight excluding hydrogens is 414 g/mol. The summed E-state index contributed by atoms with van der Waals surface area (Å²) >= 11 is 0. The van der Waals surface area contributed by atoms with Crippen LogP contribution in [0.15, 0.2) is 24.3 Å². The van der Waals surface area contributed by atoms with E-state index >= 15 is 0 Å². The van der Waals surface area contributed by atoms with Crippen LogP contribution in [0.1, 0.15) is 24.4 Å². The quantitative estimate of drug-likeness (QED) is 0.513. The molecule has 148 valence electrons. The SMILES string of the molecule is N#CC1(NC(=O)C(CS(=O)(=O)Cl)N[C@H](c2ccc(F)cc2)C(F)(F)F)CC1. The Morgan fingerprint density at radius 2 is 1.85 bits per heavy atom. The van der Waals surface area contributed by atoms with Gasteiger partial charge in [-0.3, -0.25) is 10.1 Å². The molecular formula is C15H14ClF4N3O3S. The van der Waals surface area contributed by atoms with Gasteiger partial charge in [0, 0.05) is 10.7 Å². The third kappa shape index (κ3) is 6.05. The fraction of sp³-hybridized carbons (Fsp3) is 0.467. The number of alkyl halides is 3. The number of carbonyl (C=O) groups excluding carboxylic acids is 1. The molecule has 1 aliphatic rings. The molecule has 6 nitrogen and oxygen atoms in total. The van der Waals surface area contributed by atoms with Gasteiger partial charge in [0.1, 0.15) is 23.4 Å². The molecule has 1 aromatic carbocycles. The van der Waals surface area contributed by atoms with Crippen molar-refractivity contribution in [3.63, 3.8) is 0 Å². The first kappa shape index (κ1) is 21.4. The van der Waals surface area contributed by atoms with Crippen molar-refractivity contribution in [2.24, 2.45) is 0 Å². The van der Waals surface area contributed by atoms with Crippen molar-refractivity contribution < 1.29 is 30.8 Å². The third-order valence-corrected chi connectivity index (χ3v) is 5.02. The van der Waals surface area contributed by atoms with Gasteiger partial charge in [0.25, 0.3) is 0 Å². The Bertz CT molecular complexity index is 849. The highest BCUT2D eigenvalue weighted by Gasteiger charge is 2.48. The minimum atomic E-state index is -4.92.